The summed E-state index contributed by atoms with van der Waals surface area (Å²) in [6.45, 7) is 5.00. The monoisotopic (exact) mass is 238 g/mol. The van der Waals surface area contributed by atoms with Gasteiger partial charge in [-0.2, -0.15) is 0 Å². The van der Waals surface area contributed by atoms with Gasteiger partial charge < -0.3 is 10.6 Å². The average molecular weight is 238 g/mol. The molecule has 0 bridgehead atoms. The SMILES string of the molecule is CC(C)C(N)C(=O)N1CCC[C@H]2CCCC[C@H]21. The molecule has 1 saturated heterocycles. The van der Waals surface area contributed by atoms with Gasteiger partial charge in [0, 0.05) is 12.6 Å². The van der Waals surface area contributed by atoms with E-state index in [0.29, 0.717) is 6.04 Å². The Bertz CT molecular complexity index is 275. The quantitative estimate of drug-likeness (QED) is 0.801. The Labute approximate surface area is 105 Å². The molecule has 1 saturated carbocycles. The highest BCUT2D eigenvalue weighted by molar-refractivity contribution is 5.82. The highest BCUT2D eigenvalue weighted by Crippen LogP contribution is 2.35. The van der Waals surface area contributed by atoms with Gasteiger partial charge >= 0.3 is 0 Å². The fourth-order valence-corrected chi connectivity index (χ4v) is 3.38. The molecule has 2 rings (SSSR count). The number of rotatable bonds is 2. The second-order valence-corrected chi connectivity index (χ2v) is 6.06. The number of nitrogens with zero attached hydrogens (tertiary/aromatic N) is 1. The maximum Gasteiger partial charge on any atom is 0.240 e. The second-order valence-electron chi connectivity index (χ2n) is 6.06. The zero-order valence-corrected chi connectivity index (χ0v) is 11.2. The first-order chi connectivity index (χ1) is 8.11. The third-order valence-electron chi connectivity index (χ3n) is 4.53. The van der Waals surface area contributed by atoms with Crippen LogP contribution in [-0.4, -0.2) is 29.4 Å². The normalized spacial score (nSPS) is 31.2. The van der Waals surface area contributed by atoms with Crippen LogP contribution >= 0.6 is 0 Å². The van der Waals surface area contributed by atoms with Crippen molar-refractivity contribution < 1.29 is 4.79 Å². The first kappa shape index (κ1) is 12.9. The van der Waals surface area contributed by atoms with Crippen LogP contribution in [0.5, 0.6) is 0 Å². The highest BCUT2D eigenvalue weighted by atomic mass is 16.2. The minimum atomic E-state index is -0.310. The van der Waals surface area contributed by atoms with Crippen LogP contribution in [-0.2, 0) is 4.79 Å². The van der Waals surface area contributed by atoms with Crippen LogP contribution in [0.2, 0.25) is 0 Å². The number of hydrogen-bond donors (Lipinski definition) is 1. The first-order valence-electron chi connectivity index (χ1n) is 7.17. The maximum atomic E-state index is 12.4. The zero-order chi connectivity index (χ0) is 12.4. The van der Waals surface area contributed by atoms with E-state index in [1.807, 2.05) is 13.8 Å². The van der Waals surface area contributed by atoms with E-state index >= 15 is 0 Å². The molecule has 2 fully saturated rings. The third kappa shape index (κ3) is 2.65. The molecule has 0 aromatic carbocycles. The fourth-order valence-electron chi connectivity index (χ4n) is 3.38. The van der Waals surface area contributed by atoms with Crippen LogP contribution in [0.15, 0.2) is 0 Å². The second kappa shape index (κ2) is 5.38. The summed E-state index contributed by atoms with van der Waals surface area (Å²) in [5, 5.41) is 0. The van der Waals surface area contributed by atoms with Gasteiger partial charge in [0.1, 0.15) is 0 Å². The summed E-state index contributed by atoms with van der Waals surface area (Å²) < 4.78 is 0. The highest BCUT2D eigenvalue weighted by Gasteiger charge is 2.37. The lowest BCUT2D eigenvalue weighted by Gasteiger charge is -2.45. The van der Waals surface area contributed by atoms with E-state index in [0.717, 1.165) is 18.9 Å². The molecule has 0 radical (unpaired) electrons. The van der Waals surface area contributed by atoms with E-state index in [4.69, 9.17) is 5.73 Å². The lowest BCUT2D eigenvalue weighted by molar-refractivity contribution is -0.140. The standard InChI is InChI=1S/C14H26N2O/c1-10(2)13(15)14(17)16-9-5-7-11-6-3-4-8-12(11)16/h10-13H,3-9,15H2,1-2H3/t11-,12-,13?/m1/s1. The number of carbonyl (C=O) groups is 1. The molecule has 2 aliphatic rings. The van der Waals surface area contributed by atoms with Gasteiger partial charge in [-0.1, -0.05) is 26.7 Å². The summed E-state index contributed by atoms with van der Waals surface area (Å²) in [6.07, 6.45) is 7.61. The van der Waals surface area contributed by atoms with Crippen molar-refractivity contribution in [3.8, 4) is 0 Å². The number of piperidine rings is 1. The van der Waals surface area contributed by atoms with Gasteiger partial charge in [0.2, 0.25) is 5.91 Å². The largest absolute Gasteiger partial charge is 0.338 e. The summed E-state index contributed by atoms with van der Waals surface area (Å²) in [5.74, 6) is 1.18. The van der Waals surface area contributed by atoms with Crippen molar-refractivity contribution >= 4 is 5.91 Å². The molecule has 1 amide bonds. The van der Waals surface area contributed by atoms with Crippen LogP contribution in [0.3, 0.4) is 0 Å². The fraction of sp³-hybridized carbons (Fsp3) is 0.929. The molecule has 0 spiro atoms. The van der Waals surface area contributed by atoms with E-state index in [9.17, 15) is 4.79 Å². The first-order valence-corrected chi connectivity index (χ1v) is 7.17. The topological polar surface area (TPSA) is 46.3 Å². The minimum absolute atomic E-state index is 0.191. The van der Waals surface area contributed by atoms with Gasteiger partial charge in [0.25, 0.3) is 0 Å². The Hall–Kier alpha value is -0.570. The molecule has 0 aromatic heterocycles. The molecule has 0 aromatic rings. The van der Waals surface area contributed by atoms with Gasteiger partial charge in [-0.3, -0.25) is 4.79 Å². The van der Waals surface area contributed by atoms with Crippen molar-refractivity contribution in [1.82, 2.24) is 4.90 Å². The molecule has 3 nitrogen and oxygen atoms in total. The maximum absolute atomic E-state index is 12.4. The number of hydrogen-bond acceptors (Lipinski definition) is 2. The predicted octanol–water partition coefficient (Wildman–Crippen LogP) is 2.15. The van der Waals surface area contributed by atoms with E-state index < -0.39 is 0 Å². The molecular weight excluding hydrogens is 212 g/mol. The Kier molecular flexibility index (Phi) is 4.08. The molecule has 1 unspecified atom stereocenters. The van der Waals surface area contributed by atoms with Crippen LogP contribution in [0, 0.1) is 11.8 Å². The number of likely N-dealkylation sites (tertiary alicyclic amines) is 1. The van der Waals surface area contributed by atoms with Crippen LogP contribution in [0.1, 0.15) is 52.4 Å². The minimum Gasteiger partial charge on any atom is -0.338 e. The molecule has 3 atom stereocenters. The molecular formula is C14H26N2O. The molecule has 17 heavy (non-hydrogen) atoms. The van der Waals surface area contributed by atoms with E-state index in [1.165, 1.54) is 32.1 Å². The van der Waals surface area contributed by atoms with Crippen molar-refractivity contribution in [3.05, 3.63) is 0 Å². The molecule has 1 heterocycles. The predicted molar refractivity (Wildman–Crippen MR) is 69.5 cm³/mol. The van der Waals surface area contributed by atoms with E-state index in [2.05, 4.69) is 4.90 Å². The van der Waals surface area contributed by atoms with Crippen molar-refractivity contribution in [1.29, 1.82) is 0 Å². The van der Waals surface area contributed by atoms with Crippen molar-refractivity contribution in [2.75, 3.05) is 6.54 Å². The van der Waals surface area contributed by atoms with Crippen LogP contribution in [0.25, 0.3) is 0 Å². The Morgan fingerprint density at radius 1 is 1.18 bits per heavy atom. The summed E-state index contributed by atoms with van der Waals surface area (Å²) in [5.41, 5.74) is 6.02. The van der Waals surface area contributed by atoms with Crippen LogP contribution < -0.4 is 5.73 Å². The average Bonchev–Trinajstić information content (AvgIpc) is 2.36. The zero-order valence-electron chi connectivity index (χ0n) is 11.2. The summed E-state index contributed by atoms with van der Waals surface area (Å²) in [6, 6.07) is 0.186. The van der Waals surface area contributed by atoms with Gasteiger partial charge in [0.05, 0.1) is 6.04 Å². The van der Waals surface area contributed by atoms with Crippen molar-refractivity contribution in [3.63, 3.8) is 0 Å². The molecule has 1 aliphatic heterocycles. The summed E-state index contributed by atoms with van der Waals surface area (Å²) in [7, 11) is 0. The van der Waals surface area contributed by atoms with E-state index in [-0.39, 0.29) is 17.9 Å². The number of carbonyl (C=O) groups excluding carboxylic acids is 1. The van der Waals surface area contributed by atoms with Crippen LogP contribution in [0.4, 0.5) is 0 Å². The molecule has 98 valence electrons. The van der Waals surface area contributed by atoms with Gasteiger partial charge in [-0.25, -0.2) is 0 Å². The molecule has 1 aliphatic carbocycles. The number of amides is 1. The lowest BCUT2D eigenvalue weighted by Crippen LogP contribution is -2.55. The van der Waals surface area contributed by atoms with Crippen molar-refractivity contribution in [2.45, 2.75) is 64.5 Å². The molecule has 2 N–H and O–H groups in total. The number of fused-ring (bicyclic) bond motifs is 1. The Balaban J connectivity index is 2.05. The van der Waals surface area contributed by atoms with Gasteiger partial charge in [-0.15, -0.1) is 0 Å². The summed E-state index contributed by atoms with van der Waals surface area (Å²) in [4.78, 5) is 14.5. The smallest absolute Gasteiger partial charge is 0.240 e. The molecule has 3 heteroatoms. The Morgan fingerprint density at radius 2 is 1.82 bits per heavy atom. The lowest BCUT2D eigenvalue weighted by atomic mass is 9.78. The van der Waals surface area contributed by atoms with E-state index in [1.54, 1.807) is 0 Å². The summed E-state index contributed by atoms with van der Waals surface area (Å²) >= 11 is 0. The Morgan fingerprint density at radius 3 is 2.53 bits per heavy atom. The third-order valence-corrected chi connectivity index (χ3v) is 4.53. The van der Waals surface area contributed by atoms with Gasteiger partial charge in [0.15, 0.2) is 0 Å². The van der Waals surface area contributed by atoms with Crippen molar-refractivity contribution in [2.24, 2.45) is 17.6 Å². The number of nitrogens with two attached hydrogens (primary N) is 1. The van der Waals surface area contributed by atoms with Gasteiger partial charge in [-0.05, 0) is 37.5 Å².